The highest BCUT2D eigenvalue weighted by atomic mass is 19.1. The minimum absolute atomic E-state index is 0.107. The molecular formula is C20H30FNO4. The molecule has 0 N–H and O–H groups in total. The van der Waals surface area contributed by atoms with E-state index in [4.69, 9.17) is 9.47 Å². The molecule has 2 atom stereocenters. The Kier molecular flexibility index (Phi) is 9.10. The van der Waals surface area contributed by atoms with Crippen LogP contribution in [0.3, 0.4) is 0 Å². The maximum absolute atomic E-state index is 13.7. The molecule has 0 aromatic heterocycles. The van der Waals surface area contributed by atoms with Gasteiger partial charge in [0.15, 0.2) is 0 Å². The first-order valence-corrected chi connectivity index (χ1v) is 9.16. The molecular weight excluding hydrogens is 337 g/mol. The van der Waals surface area contributed by atoms with Crippen LogP contribution in [0.1, 0.15) is 68.8 Å². The van der Waals surface area contributed by atoms with E-state index in [1.807, 2.05) is 13.8 Å². The fourth-order valence-corrected chi connectivity index (χ4v) is 3.03. The minimum atomic E-state index is -0.493. The lowest BCUT2D eigenvalue weighted by molar-refractivity contribution is 0.0597. The Morgan fingerprint density at radius 2 is 1.92 bits per heavy atom. The predicted molar refractivity (Wildman–Crippen MR) is 98.9 cm³/mol. The van der Waals surface area contributed by atoms with Gasteiger partial charge in [-0.25, -0.2) is 14.0 Å². The number of hydrogen-bond donors (Lipinski definition) is 0. The van der Waals surface area contributed by atoms with Crippen LogP contribution in [0.15, 0.2) is 18.2 Å². The molecule has 2 unspecified atom stereocenters. The lowest BCUT2D eigenvalue weighted by Gasteiger charge is -2.30. The van der Waals surface area contributed by atoms with Gasteiger partial charge in [-0.1, -0.05) is 20.3 Å². The van der Waals surface area contributed by atoms with Crippen LogP contribution in [0.4, 0.5) is 9.18 Å². The van der Waals surface area contributed by atoms with Crippen molar-refractivity contribution < 1.29 is 23.5 Å². The van der Waals surface area contributed by atoms with E-state index >= 15 is 0 Å². The first-order valence-electron chi connectivity index (χ1n) is 9.16. The van der Waals surface area contributed by atoms with E-state index in [1.165, 1.54) is 25.3 Å². The van der Waals surface area contributed by atoms with Gasteiger partial charge >= 0.3 is 12.1 Å². The Balaban J connectivity index is 2.99. The number of unbranched alkanes of at least 4 members (excludes halogenated alkanes) is 1. The Morgan fingerprint density at radius 3 is 2.50 bits per heavy atom. The molecule has 0 fully saturated rings. The Morgan fingerprint density at radius 1 is 1.23 bits per heavy atom. The van der Waals surface area contributed by atoms with E-state index in [0.29, 0.717) is 30.7 Å². The number of hydrogen-bond acceptors (Lipinski definition) is 4. The molecule has 0 heterocycles. The molecule has 146 valence electrons. The lowest BCUT2D eigenvalue weighted by Crippen LogP contribution is -2.40. The Bertz CT molecular complexity index is 605. The van der Waals surface area contributed by atoms with Crippen LogP contribution in [0.5, 0.6) is 0 Å². The Hall–Kier alpha value is -2.11. The average Bonchev–Trinajstić information content (AvgIpc) is 2.61. The number of methoxy groups -OCH3 is 1. The van der Waals surface area contributed by atoms with E-state index in [2.05, 4.69) is 6.92 Å². The minimum Gasteiger partial charge on any atom is -0.465 e. The largest absolute Gasteiger partial charge is 0.465 e. The van der Waals surface area contributed by atoms with Crippen LogP contribution >= 0.6 is 0 Å². The predicted octanol–water partition coefficient (Wildman–Crippen LogP) is 4.75. The number of esters is 1. The molecule has 0 spiro atoms. The molecule has 0 radical (unpaired) electrons. The molecule has 5 nitrogen and oxygen atoms in total. The van der Waals surface area contributed by atoms with Crippen molar-refractivity contribution in [3.05, 3.63) is 35.1 Å². The zero-order valence-corrected chi connectivity index (χ0v) is 16.4. The van der Waals surface area contributed by atoms with Gasteiger partial charge in [0.25, 0.3) is 0 Å². The summed E-state index contributed by atoms with van der Waals surface area (Å²) < 4.78 is 23.7. The summed E-state index contributed by atoms with van der Waals surface area (Å²) in [5, 5.41) is 0. The van der Waals surface area contributed by atoms with Crippen LogP contribution in [-0.4, -0.2) is 43.3 Å². The number of carbonyl (C=O) groups excluding carboxylic acids is 2. The van der Waals surface area contributed by atoms with Crippen LogP contribution in [-0.2, 0) is 9.47 Å². The standard InChI is InChI=1S/C20H30FNO4/c1-6-8-11-22(20(24)26-7-2)15(4)12-14(3)18-13-16(21)9-10-17(18)19(23)25-5/h9-10,13-15H,6-8,11-12H2,1-5H3. The van der Waals surface area contributed by atoms with Crippen molar-refractivity contribution in [3.8, 4) is 0 Å². The number of amides is 1. The average molecular weight is 367 g/mol. The molecule has 1 amide bonds. The summed E-state index contributed by atoms with van der Waals surface area (Å²) in [6.07, 6.45) is 2.09. The zero-order valence-electron chi connectivity index (χ0n) is 16.4. The molecule has 0 aliphatic carbocycles. The number of halogens is 1. The fourth-order valence-electron chi connectivity index (χ4n) is 3.03. The second-order valence-corrected chi connectivity index (χ2v) is 6.45. The first-order chi connectivity index (χ1) is 12.3. The molecule has 1 rings (SSSR count). The van der Waals surface area contributed by atoms with Crippen molar-refractivity contribution in [1.82, 2.24) is 4.90 Å². The van der Waals surface area contributed by atoms with Crippen LogP contribution in [0.25, 0.3) is 0 Å². The van der Waals surface area contributed by atoms with Crippen LogP contribution in [0.2, 0.25) is 0 Å². The normalized spacial score (nSPS) is 13.0. The summed E-state index contributed by atoms with van der Waals surface area (Å²) in [6.45, 7) is 8.63. The maximum atomic E-state index is 13.7. The molecule has 0 saturated heterocycles. The molecule has 0 saturated carbocycles. The summed E-state index contributed by atoms with van der Waals surface area (Å²) in [6, 6.07) is 3.95. The van der Waals surface area contributed by atoms with Gasteiger partial charge in [-0.2, -0.15) is 0 Å². The van der Waals surface area contributed by atoms with Gasteiger partial charge in [0.2, 0.25) is 0 Å². The fraction of sp³-hybridized carbons (Fsp3) is 0.600. The van der Waals surface area contributed by atoms with E-state index < -0.39 is 11.8 Å². The van der Waals surface area contributed by atoms with Crippen LogP contribution in [0, 0.1) is 5.82 Å². The molecule has 26 heavy (non-hydrogen) atoms. The second-order valence-electron chi connectivity index (χ2n) is 6.45. The number of carbonyl (C=O) groups is 2. The molecule has 0 bridgehead atoms. The van der Waals surface area contributed by atoms with Crippen molar-refractivity contribution in [2.45, 2.75) is 58.9 Å². The van der Waals surface area contributed by atoms with Gasteiger partial charge in [-0.15, -0.1) is 0 Å². The summed E-state index contributed by atoms with van der Waals surface area (Å²) >= 11 is 0. The number of nitrogens with zero attached hydrogens (tertiary/aromatic N) is 1. The van der Waals surface area contributed by atoms with Gasteiger partial charge < -0.3 is 14.4 Å². The summed E-state index contributed by atoms with van der Waals surface area (Å²) in [4.78, 5) is 25.9. The van der Waals surface area contributed by atoms with Crippen LogP contribution < -0.4 is 0 Å². The van der Waals surface area contributed by atoms with E-state index in [-0.39, 0.29) is 18.1 Å². The monoisotopic (exact) mass is 367 g/mol. The third-order valence-electron chi connectivity index (χ3n) is 4.43. The van der Waals surface area contributed by atoms with Crippen molar-refractivity contribution in [2.75, 3.05) is 20.3 Å². The molecule has 1 aromatic rings. The van der Waals surface area contributed by atoms with Crippen molar-refractivity contribution in [2.24, 2.45) is 0 Å². The molecule has 0 aliphatic rings. The number of ether oxygens (including phenoxy) is 2. The summed E-state index contributed by atoms with van der Waals surface area (Å²) in [5.41, 5.74) is 0.938. The quantitative estimate of drug-likeness (QED) is 0.591. The third-order valence-corrected chi connectivity index (χ3v) is 4.43. The molecule has 6 heteroatoms. The number of benzene rings is 1. The van der Waals surface area contributed by atoms with E-state index in [9.17, 15) is 14.0 Å². The molecule has 1 aromatic carbocycles. The highest BCUT2D eigenvalue weighted by Crippen LogP contribution is 2.27. The van der Waals surface area contributed by atoms with E-state index in [0.717, 1.165) is 12.8 Å². The number of rotatable bonds is 9. The SMILES string of the molecule is CCCCN(C(=O)OCC)C(C)CC(C)c1cc(F)ccc1C(=O)OC. The summed E-state index contributed by atoms with van der Waals surface area (Å²) in [7, 11) is 1.30. The summed E-state index contributed by atoms with van der Waals surface area (Å²) in [5.74, 6) is -1.03. The highest BCUT2D eigenvalue weighted by molar-refractivity contribution is 5.91. The lowest BCUT2D eigenvalue weighted by atomic mass is 9.90. The second kappa shape index (κ2) is 10.8. The topological polar surface area (TPSA) is 55.8 Å². The van der Waals surface area contributed by atoms with Gasteiger partial charge in [-0.05, 0) is 56.4 Å². The van der Waals surface area contributed by atoms with E-state index in [1.54, 1.807) is 11.8 Å². The smallest absolute Gasteiger partial charge is 0.409 e. The first kappa shape index (κ1) is 21.9. The molecule has 0 aliphatic heterocycles. The van der Waals surface area contributed by atoms with Gasteiger partial charge in [0, 0.05) is 12.6 Å². The van der Waals surface area contributed by atoms with Gasteiger partial charge in [-0.3, -0.25) is 0 Å². The van der Waals surface area contributed by atoms with Gasteiger partial charge in [0.1, 0.15) is 5.82 Å². The van der Waals surface area contributed by atoms with Gasteiger partial charge in [0.05, 0.1) is 19.3 Å². The third kappa shape index (κ3) is 6.00. The maximum Gasteiger partial charge on any atom is 0.409 e. The Labute approximate surface area is 155 Å². The van der Waals surface area contributed by atoms with Crippen molar-refractivity contribution in [1.29, 1.82) is 0 Å². The van der Waals surface area contributed by atoms with Crippen molar-refractivity contribution in [3.63, 3.8) is 0 Å². The zero-order chi connectivity index (χ0) is 19.7. The van der Waals surface area contributed by atoms with Crippen molar-refractivity contribution >= 4 is 12.1 Å². The highest BCUT2D eigenvalue weighted by Gasteiger charge is 2.25.